The van der Waals surface area contributed by atoms with E-state index >= 15 is 0 Å². The van der Waals surface area contributed by atoms with Crippen molar-refractivity contribution in [2.45, 2.75) is 18.8 Å². The molecule has 1 atom stereocenters. The van der Waals surface area contributed by atoms with E-state index in [4.69, 9.17) is 9.15 Å². The molecule has 1 aromatic heterocycles. The fourth-order valence-corrected chi connectivity index (χ4v) is 4.41. The number of ether oxygens (including phenoxy) is 1. The van der Waals surface area contributed by atoms with Gasteiger partial charge < -0.3 is 14.1 Å². The predicted molar refractivity (Wildman–Crippen MR) is 114 cm³/mol. The molecular weight excluding hydrogens is 362 g/mol. The summed E-state index contributed by atoms with van der Waals surface area (Å²) < 4.78 is 11.0. The highest BCUT2D eigenvalue weighted by atomic mass is 16.5. The molecule has 0 aliphatic carbocycles. The van der Waals surface area contributed by atoms with Gasteiger partial charge in [-0.15, -0.1) is 0 Å². The smallest absolute Gasteiger partial charge is 0.227 e. The van der Waals surface area contributed by atoms with E-state index in [2.05, 4.69) is 30.3 Å². The number of furan rings is 1. The number of benzene rings is 3. The second-order valence-electron chi connectivity index (χ2n) is 7.70. The zero-order valence-corrected chi connectivity index (χ0v) is 16.4. The van der Waals surface area contributed by atoms with E-state index in [1.54, 1.807) is 13.4 Å². The molecule has 0 bridgehead atoms. The molecule has 0 radical (unpaired) electrons. The lowest BCUT2D eigenvalue weighted by Gasteiger charge is -2.17. The van der Waals surface area contributed by atoms with Gasteiger partial charge >= 0.3 is 0 Å². The maximum Gasteiger partial charge on any atom is 0.227 e. The standard InChI is InChI=1S/C25H23NO3/c1-28-21-9-6-17(7-10-21)19-12-13-26(15-19)24(27)14-20-16-29-23-11-8-18-4-2-3-5-22(18)25(20)23/h2-11,16,19H,12-15H2,1H3. The van der Waals surface area contributed by atoms with Crippen LogP contribution in [0.5, 0.6) is 5.75 Å². The van der Waals surface area contributed by atoms with Crippen molar-refractivity contribution in [3.05, 3.63) is 78.1 Å². The summed E-state index contributed by atoms with van der Waals surface area (Å²) in [6.45, 7) is 1.56. The molecule has 3 aromatic carbocycles. The van der Waals surface area contributed by atoms with Gasteiger partial charge in [0.2, 0.25) is 5.91 Å². The molecule has 29 heavy (non-hydrogen) atoms. The average molecular weight is 385 g/mol. The Labute approximate surface area is 169 Å². The van der Waals surface area contributed by atoms with E-state index in [0.29, 0.717) is 12.3 Å². The fourth-order valence-electron chi connectivity index (χ4n) is 4.41. The number of amides is 1. The Morgan fingerprint density at radius 1 is 1.10 bits per heavy atom. The first kappa shape index (κ1) is 17.8. The van der Waals surface area contributed by atoms with Crippen molar-refractivity contribution in [2.24, 2.45) is 0 Å². The van der Waals surface area contributed by atoms with Gasteiger partial charge in [0.15, 0.2) is 0 Å². The van der Waals surface area contributed by atoms with Crippen LogP contribution in [0, 0.1) is 0 Å². The van der Waals surface area contributed by atoms with Gasteiger partial charge in [-0.05, 0) is 41.0 Å². The molecule has 0 spiro atoms. The first-order valence-electron chi connectivity index (χ1n) is 10.0. The van der Waals surface area contributed by atoms with Crippen LogP contribution < -0.4 is 4.74 Å². The monoisotopic (exact) mass is 385 g/mol. The Kier molecular flexibility index (Phi) is 4.47. The second kappa shape index (κ2) is 7.28. The van der Waals surface area contributed by atoms with Crippen molar-refractivity contribution < 1.29 is 13.9 Å². The third kappa shape index (κ3) is 3.25. The number of hydrogen-bond donors (Lipinski definition) is 0. The summed E-state index contributed by atoms with van der Waals surface area (Å²) in [7, 11) is 1.67. The highest BCUT2D eigenvalue weighted by Crippen LogP contribution is 2.32. The van der Waals surface area contributed by atoms with Crippen LogP contribution in [0.25, 0.3) is 21.7 Å². The Balaban J connectivity index is 1.35. The summed E-state index contributed by atoms with van der Waals surface area (Å²) in [6.07, 6.45) is 3.11. The van der Waals surface area contributed by atoms with Gasteiger partial charge in [0, 0.05) is 30.0 Å². The number of likely N-dealkylation sites (tertiary alicyclic amines) is 1. The summed E-state index contributed by atoms with van der Waals surface area (Å²) >= 11 is 0. The van der Waals surface area contributed by atoms with E-state index < -0.39 is 0 Å². The molecule has 1 fully saturated rings. The van der Waals surface area contributed by atoms with E-state index in [-0.39, 0.29) is 5.91 Å². The van der Waals surface area contributed by atoms with Crippen molar-refractivity contribution in [1.82, 2.24) is 4.90 Å². The predicted octanol–water partition coefficient (Wildman–Crippen LogP) is 5.15. The lowest BCUT2D eigenvalue weighted by atomic mass is 9.98. The lowest BCUT2D eigenvalue weighted by molar-refractivity contribution is -0.129. The molecule has 1 unspecified atom stereocenters. The molecular formula is C25H23NO3. The zero-order valence-electron chi connectivity index (χ0n) is 16.4. The van der Waals surface area contributed by atoms with Crippen LogP contribution in [0.2, 0.25) is 0 Å². The van der Waals surface area contributed by atoms with Gasteiger partial charge in [0.05, 0.1) is 19.8 Å². The van der Waals surface area contributed by atoms with Crippen molar-refractivity contribution in [3.63, 3.8) is 0 Å². The third-order valence-electron chi connectivity index (χ3n) is 6.01. The molecule has 4 aromatic rings. The Bertz CT molecular complexity index is 1180. The summed E-state index contributed by atoms with van der Waals surface area (Å²) in [5.74, 6) is 1.40. The molecule has 1 saturated heterocycles. The molecule has 0 N–H and O–H groups in total. The molecule has 4 heteroatoms. The molecule has 0 saturated carbocycles. The number of hydrogen-bond acceptors (Lipinski definition) is 3. The van der Waals surface area contributed by atoms with Crippen LogP contribution >= 0.6 is 0 Å². The highest BCUT2D eigenvalue weighted by Gasteiger charge is 2.28. The van der Waals surface area contributed by atoms with Crippen LogP contribution in [0.15, 0.2) is 71.3 Å². The second-order valence-corrected chi connectivity index (χ2v) is 7.70. The highest BCUT2D eigenvalue weighted by molar-refractivity contribution is 6.08. The third-order valence-corrected chi connectivity index (χ3v) is 6.01. The normalized spacial score (nSPS) is 16.6. The van der Waals surface area contributed by atoms with Crippen LogP contribution in [0.4, 0.5) is 0 Å². The van der Waals surface area contributed by atoms with Gasteiger partial charge in [-0.3, -0.25) is 4.79 Å². The molecule has 1 amide bonds. The van der Waals surface area contributed by atoms with Crippen LogP contribution in [-0.4, -0.2) is 31.0 Å². The van der Waals surface area contributed by atoms with Gasteiger partial charge in [-0.2, -0.15) is 0 Å². The quantitative estimate of drug-likeness (QED) is 0.488. The van der Waals surface area contributed by atoms with Crippen molar-refractivity contribution in [3.8, 4) is 5.75 Å². The van der Waals surface area contributed by atoms with E-state index in [0.717, 1.165) is 52.6 Å². The largest absolute Gasteiger partial charge is 0.497 e. The van der Waals surface area contributed by atoms with E-state index in [1.807, 2.05) is 35.2 Å². The summed E-state index contributed by atoms with van der Waals surface area (Å²) in [5, 5.41) is 3.36. The maximum absolute atomic E-state index is 13.0. The number of nitrogens with zero attached hydrogens (tertiary/aromatic N) is 1. The van der Waals surface area contributed by atoms with Crippen molar-refractivity contribution in [2.75, 3.05) is 20.2 Å². The van der Waals surface area contributed by atoms with E-state index in [1.165, 1.54) is 5.56 Å². The van der Waals surface area contributed by atoms with Crippen LogP contribution in [0.1, 0.15) is 23.5 Å². The van der Waals surface area contributed by atoms with Crippen molar-refractivity contribution >= 4 is 27.6 Å². The Morgan fingerprint density at radius 2 is 1.93 bits per heavy atom. The van der Waals surface area contributed by atoms with Gasteiger partial charge in [0.1, 0.15) is 11.3 Å². The Hall–Kier alpha value is -3.27. The minimum absolute atomic E-state index is 0.164. The fraction of sp³-hybridized carbons (Fsp3) is 0.240. The molecule has 146 valence electrons. The SMILES string of the molecule is COc1ccc(C2CCN(C(=O)Cc3coc4ccc5ccccc5c34)C2)cc1. The molecule has 5 rings (SSSR count). The average Bonchev–Trinajstić information content (AvgIpc) is 3.42. The summed E-state index contributed by atoms with van der Waals surface area (Å²) in [6, 6.07) is 20.5. The number of carbonyl (C=O) groups is 1. The van der Waals surface area contributed by atoms with Crippen LogP contribution in [0.3, 0.4) is 0 Å². The summed E-state index contributed by atoms with van der Waals surface area (Å²) in [4.78, 5) is 15.0. The van der Waals surface area contributed by atoms with Gasteiger partial charge in [-0.25, -0.2) is 0 Å². The van der Waals surface area contributed by atoms with E-state index in [9.17, 15) is 4.79 Å². The topological polar surface area (TPSA) is 42.7 Å². The number of carbonyl (C=O) groups excluding carboxylic acids is 1. The summed E-state index contributed by atoms with van der Waals surface area (Å²) in [5.41, 5.74) is 3.07. The minimum Gasteiger partial charge on any atom is -0.497 e. The maximum atomic E-state index is 13.0. The number of methoxy groups -OCH3 is 1. The number of rotatable bonds is 4. The molecule has 1 aliphatic heterocycles. The molecule has 2 heterocycles. The molecule has 1 aliphatic rings. The van der Waals surface area contributed by atoms with Gasteiger partial charge in [-0.1, -0.05) is 42.5 Å². The Morgan fingerprint density at radius 3 is 2.76 bits per heavy atom. The lowest BCUT2D eigenvalue weighted by Crippen LogP contribution is -2.29. The zero-order chi connectivity index (χ0) is 19.8. The molecule has 4 nitrogen and oxygen atoms in total. The van der Waals surface area contributed by atoms with Crippen molar-refractivity contribution in [1.29, 1.82) is 0 Å². The first-order chi connectivity index (χ1) is 14.2. The van der Waals surface area contributed by atoms with Gasteiger partial charge in [0.25, 0.3) is 0 Å². The first-order valence-corrected chi connectivity index (χ1v) is 10.0. The number of fused-ring (bicyclic) bond motifs is 3. The minimum atomic E-state index is 0.164. The van der Waals surface area contributed by atoms with Crippen LogP contribution in [-0.2, 0) is 11.2 Å².